The van der Waals surface area contributed by atoms with Gasteiger partial charge in [-0.1, -0.05) is 48.0 Å². The van der Waals surface area contributed by atoms with Crippen LogP contribution in [0.15, 0.2) is 0 Å². The van der Waals surface area contributed by atoms with E-state index in [0.717, 1.165) is 19.3 Å². The summed E-state index contributed by atoms with van der Waals surface area (Å²) >= 11 is 0. The summed E-state index contributed by atoms with van der Waals surface area (Å²) < 4.78 is 11.4. The molecule has 7 atom stereocenters. The van der Waals surface area contributed by atoms with Gasteiger partial charge in [0.25, 0.3) is 0 Å². The van der Waals surface area contributed by atoms with Crippen LogP contribution in [0.5, 0.6) is 0 Å². The molecule has 3 amide bonds. The number of hydrogen-bond acceptors (Lipinski definition) is 5. The van der Waals surface area contributed by atoms with E-state index in [-0.39, 0.29) is 48.1 Å². The van der Waals surface area contributed by atoms with Crippen LogP contribution in [0.1, 0.15) is 67.2 Å². The minimum atomic E-state index is -0.499. The first-order chi connectivity index (χ1) is 15.4. The normalized spacial score (nSPS) is 21.9. The Kier molecular flexibility index (Phi) is 11.8. The Hall–Kier alpha value is -1.67. The van der Waals surface area contributed by atoms with Crippen molar-refractivity contribution in [3.8, 4) is 0 Å². The second kappa shape index (κ2) is 13.3. The summed E-state index contributed by atoms with van der Waals surface area (Å²) in [5.74, 6) is -0.646. The molecular weight excluding hydrogens is 422 g/mol. The first kappa shape index (κ1) is 29.4. The van der Waals surface area contributed by atoms with Gasteiger partial charge in [0.1, 0.15) is 0 Å². The Morgan fingerprint density at radius 2 is 1.67 bits per heavy atom. The van der Waals surface area contributed by atoms with Crippen LogP contribution >= 0.6 is 0 Å². The van der Waals surface area contributed by atoms with Crippen LogP contribution in [-0.4, -0.2) is 79.6 Å². The van der Waals surface area contributed by atoms with E-state index in [9.17, 15) is 14.4 Å². The number of ether oxygens (including phenoxy) is 2. The maximum absolute atomic E-state index is 13.5. The molecule has 33 heavy (non-hydrogen) atoms. The van der Waals surface area contributed by atoms with Crippen molar-refractivity contribution in [1.29, 1.82) is 0 Å². The molecule has 1 saturated heterocycles. The number of nitrogens with zero attached hydrogens (tertiary/aromatic N) is 2. The van der Waals surface area contributed by atoms with Crippen LogP contribution in [0.4, 0.5) is 0 Å². The molecule has 1 rings (SSSR count). The summed E-state index contributed by atoms with van der Waals surface area (Å²) in [6, 6.07) is -0.425. The van der Waals surface area contributed by atoms with Gasteiger partial charge in [0.05, 0.1) is 36.6 Å². The van der Waals surface area contributed by atoms with Gasteiger partial charge in [0.2, 0.25) is 17.7 Å². The molecule has 8 heteroatoms. The zero-order chi connectivity index (χ0) is 25.5. The highest BCUT2D eigenvalue weighted by Crippen LogP contribution is 2.29. The second-order valence-electron chi connectivity index (χ2n) is 10.0. The summed E-state index contributed by atoms with van der Waals surface area (Å²) in [6.07, 6.45) is 1.75. The molecule has 0 bridgehead atoms. The molecule has 0 aliphatic carbocycles. The van der Waals surface area contributed by atoms with E-state index in [1.54, 1.807) is 26.0 Å². The van der Waals surface area contributed by atoms with Gasteiger partial charge in [-0.05, 0) is 24.7 Å². The van der Waals surface area contributed by atoms with E-state index in [2.05, 4.69) is 13.8 Å². The fourth-order valence-corrected chi connectivity index (χ4v) is 4.93. The van der Waals surface area contributed by atoms with Crippen molar-refractivity contribution in [2.24, 2.45) is 29.4 Å². The van der Waals surface area contributed by atoms with Crippen molar-refractivity contribution in [3.63, 3.8) is 0 Å². The summed E-state index contributed by atoms with van der Waals surface area (Å²) in [4.78, 5) is 42.0. The van der Waals surface area contributed by atoms with Gasteiger partial charge in [-0.15, -0.1) is 0 Å². The van der Waals surface area contributed by atoms with Gasteiger partial charge < -0.3 is 25.0 Å². The number of likely N-dealkylation sites (tertiary alicyclic amines) is 1. The third-order valence-corrected chi connectivity index (χ3v) is 7.68. The third kappa shape index (κ3) is 7.15. The van der Waals surface area contributed by atoms with Crippen molar-refractivity contribution < 1.29 is 23.9 Å². The third-order valence-electron chi connectivity index (χ3n) is 7.68. The van der Waals surface area contributed by atoms with E-state index >= 15 is 0 Å². The van der Waals surface area contributed by atoms with Crippen molar-refractivity contribution in [2.75, 3.05) is 27.8 Å². The predicted octanol–water partition coefficient (Wildman–Crippen LogP) is 2.68. The predicted molar refractivity (Wildman–Crippen MR) is 129 cm³/mol. The lowest BCUT2D eigenvalue weighted by molar-refractivity contribution is -0.147. The quantitative estimate of drug-likeness (QED) is 0.447. The van der Waals surface area contributed by atoms with Gasteiger partial charge in [-0.3, -0.25) is 14.4 Å². The average Bonchev–Trinajstić information content (AvgIpc) is 3.26. The van der Waals surface area contributed by atoms with Gasteiger partial charge >= 0.3 is 0 Å². The maximum Gasteiger partial charge on any atom is 0.225 e. The highest BCUT2D eigenvalue weighted by molar-refractivity contribution is 5.80. The number of nitrogens with two attached hydrogens (primary N) is 1. The molecular formula is C25H47N3O5. The monoisotopic (exact) mass is 469 g/mol. The lowest BCUT2D eigenvalue weighted by Gasteiger charge is -2.40. The zero-order valence-electron chi connectivity index (χ0n) is 22.2. The van der Waals surface area contributed by atoms with E-state index in [4.69, 9.17) is 15.2 Å². The highest BCUT2D eigenvalue weighted by atomic mass is 16.5. The highest BCUT2D eigenvalue weighted by Gasteiger charge is 2.41. The Balaban J connectivity index is 3.11. The number of carbonyl (C=O) groups excluding carboxylic acids is 3. The van der Waals surface area contributed by atoms with Gasteiger partial charge in [-0.25, -0.2) is 0 Å². The minimum absolute atomic E-state index is 0.0471. The lowest BCUT2D eigenvalue weighted by Crippen LogP contribution is -2.53. The molecule has 0 saturated carbocycles. The Morgan fingerprint density at radius 3 is 2.12 bits per heavy atom. The summed E-state index contributed by atoms with van der Waals surface area (Å²) in [7, 11) is 4.98. The molecule has 0 spiro atoms. The largest absolute Gasteiger partial charge is 0.379 e. The van der Waals surface area contributed by atoms with E-state index in [0.29, 0.717) is 6.54 Å². The number of amides is 3. The molecule has 0 aromatic heterocycles. The smallest absolute Gasteiger partial charge is 0.225 e. The average molecular weight is 470 g/mol. The van der Waals surface area contributed by atoms with Gasteiger partial charge in [0, 0.05) is 33.7 Å². The number of primary amides is 1. The summed E-state index contributed by atoms with van der Waals surface area (Å²) in [5, 5.41) is 0. The first-order valence-corrected chi connectivity index (χ1v) is 12.3. The van der Waals surface area contributed by atoms with Crippen molar-refractivity contribution in [2.45, 2.75) is 91.5 Å². The fraction of sp³-hybridized carbons (Fsp3) is 0.880. The molecule has 2 N–H and O–H groups in total. The first-order valence-electron chi connectivity index (χ1n) is 12.3. The van der Waals surface area contributed by atoms with Crippen LogP contribution in [0, 0.1) is 23.7 Å². The number of hydrogen-bond donors (Lipinski definition) is 1. The molecule has 1 aliphatic heterocycles. The SMILES string of the molecule is CC[C@H](C)[C@@H]([C@@H](CC(=O)N1CCC[C@H]1[C@H](OC)[C@@H](C)C(N)=O)OC)N(C)C(=O)[C@@H](C)C(C)C. The molecule has 0 aromatic carbocycles. The lowest BCUT2D eigenvalue weighted by atomic mass is 9.88. The molecule has 8 nitrogen and oxygen atoms in total. The summed E-state index contributed by atoms with van der Waals surface area (Å²) in [5.41, 5.74) is 5.52. The van der Waals surface area contributed by atoms with Crippen LogP contribution in [0.2, 0.25) is 0 Å². The van der Waals surface area contributed by atoms with Crippen molar-refractivity contribution in [1.82, 2.24) is 9.80 Å². The van der Waals surface area contributed by atoms with Crippen molar-refractivity contribution >= 4 is 17.7 Å². The van der Waals surface area contributed by atoms with Crippen LogP contribution in [0.3, 0.4) is 0 Å². The molecule has 1 fully saturated rings. The van der Waals surface area contributed by atoms with Gasteiger partial charge in [-0.2, -0.15) is 0 Å². The van der Waals surface area contributed by atoms with E-state index in [1.807, 2.05) is 32.7 Å². The van der Waals surface area contributed by atoms with Crippen LogP contribution < -0.4 is 5.73 Å². The Labute approximate surface area is 200 Å². The molecule has 192 valence electrons. The fourth-order valence-electron chi connectivity index (χ4n) is 4.93. The van der Waals surface area contributed by atoms with Gasteiger partial charge in [0.15, 0.2) is 0 Å². The molecule has 0 aromatic rings. The second-order valence-corrected chi connectivity index (χ2v) is 10.0. The zero-order valence-corrected chi connectivity index (χ0v) is 22.2. The number of methoxy groups -OCH3 is 2. The molecule has 1 aliphatic rings. The van der Waals surface area contributed by atoms with Crippen LogP contribution in [0.25, 0.3) is 0 Å². The molecule has 0 unspecified atom stereocenters. The maximum atomic E-state index is 13.5. The number of rotatable bonds is 13. The van der Waals surface area contributed by atoms with E-state index in [1.165, 1.54) is 0 Å². The Bertz CT molecular complexity index is 656. The minimum Gasteiger partial charge on any atom is -0.379 e. The van der Waals surface area contributed by atoms with E-state index < -0.39 is 24.0 Å². The standard InChI is InChI=1S/C25H47N3O5/c1-10-16(4)22(27(7)25(31)17(5)15(2)3)20(32-8)14-21(29)28-13-11-12-19(28)23(33-9)18(6)24(26)30/h15-20,22-23H,10-14H2,1-9H3,(H2,26,30)/t16-,17-,18+,19-,20+,22-,23+/m0/s1. The Morgan fingerprint density at radius 1 is 1.06 bits per heavy atom. The van der Waals surface area contributed by atoms with Crippen LogP contribution in [-0.2, 0) is 23.9 Å². The molecule has 0 radical (unpaired) electrons. The number of carbonyl (C=O) groups is 3. The van der Waals surface area contributed by atoms with Crippen molar-refractivity contribution in [3.05, 3.63) is 0 Å². The molecule has 1 heterocycles. The summed E-state index contributed by atoms with van der Waals surface area (Å²) in [6.45, 7) is 12.6. The number of likely N-dealkylation sites (N-methyl/N-ethyl adjacent to an activating group) is 1. The topological polar surface area (TPSA) is 102 Å².